The molecule has 0 aromatic heterocycles. The third-order valence-corrected chi connectivity index (χ3v) is 3.07. The zero-order valence-corrected chi connectivity index (χ0v) is 15.1. The van der Waals surface area contributed by atoms with E-state index in [1.165, 1.54) is 6.21 Å². The summed E-state index contributed by atoms with van der Waals surface area (Å²) in [4.78, 5) is 23.5. The third kappa shape index (κ3) is 6.76. The van der Waals surface area contributed by atoms with E-state index >= 15 is 0 Å². The van der Waals surface area contributed by atoms with Crippen molar-refractivity contribution in [3.8, 4) is 5.75 Å². The summed E-state index contributed by atoms with van der Waals surface area (Å²) < 4.78 is 10.6. The first-order valence-electron chi connectivity index (χ1n) is 8.17. The van der Waals surface area contributed by atoms with E-state index in [0.29, 0.717) is 11.3 Å². The fraction of sp³-hybridized carbons (Fsp3) is 0.250. The summed E-state index contributed by atoms with van der Waals surface area (Å²) in [6.07, 6.45) is 1.53. The van der Waals surface area contributed by atoms with Crippen LogP contribution in [0.1, 0.15) is 36.7 Å². The van der Waals surface area contributed by atoms with E-state index in [4.69, 9.17) is 9.47 Å². The van der Waals surface area contributed by atoms with E-state index in [1.54, 1.807) is 69.3 Å². The van der Waals surface area contributed by atoms with Crippen molar-refractivity contribution in [2.75, 3.05) is 6.61 Å². The molecule has 0 aliphatic rings. The van der Waals surface area contributed by atoms with Crippen molar-refractivity contribution in [2.24, 2.45) is 5.10 Å². The zero-order chi connectivity index (χ0) is 19.0. The van der Waals surface area contributed by atoms with Crippen molar-refractivity contribution in [3.05, 3.63) is 65.7 Å². The summed E-state index contributed by atoms with van der Waals surface area (Å²) in [7, 11) is 0. The predicted octanol–water partition coefficient (Wildman–Crippen LogP) is 3.17. The van der Waals surface area contributed by atoms with Crippen molar-refractivity contribution in [2.45, 2.75) is 26.4 Å². The number of esters is 1. The monoisotopic (exact) mass is 354 g/mol. The van der Waals surface area contributed by atoms with Gasteiger partial charge < -0.3 is 9.47 Å². The molecule has 0 heterocycles. The molecule has 2 rings (SSSR count). The van der Waals surface area contributed by atoms with E-state index < -0.39 is 11.6 Å². The SMILES string of the molecule is CC(C)(C)OC(=O)COc1ccc(/C=N\NC(=O)c2ccccc2)cc1. The van der Waals surface area contributed by atoms with Crippen molar-refractivity contribution in [1.29, 1.82) is 0 Å². The lowest BCUT2D eigenvalue weighted by Crippen LogP contribution is -2.27. The molecule has 1 N–H and O–H groups in total. The molecule has 0 bridgehead atoms. The van der Waals surface area contributed by atoms with Crippen LogP contribution in [0.25, 0.3) is 0 Å². The normalized spacial score (nSPS) is 11.2. The van der Waals surface area contributed by atoms with Crippen LogP contribution < -0.4 is 10.2 Å². The summed E-state index contributed by atoms with van der Waals surface area (Å²) in [6.45, 7) is 5.25. The third-order valence-electron chi connectivity index (χ3n) is 3.07. The predicted molar refractivity (Wildman–Crippen MR) is 99.3 cm³/mol. The summed E-state index contributed by atoms with van der Waals surface area (Å²) >= 11 is 0. The zero-order valence-electron chi connectivity index (χ0n) is 15.1. The molecule has 6 heteroatoms. The second-order valence-electron chi connectivity index (χ2n) is 6.51. The Morgan fingerprint density at radius 3 is 2.31 bits per heavy atom. The number of benzene rings is 2. The molecule has 2 aromatic carbocycles. The van der Waals surface area contributed by atoms with Crippen LogP contribution in [0.5, 0.6) is 5.75 Å². The van der Waals surface area contributed by atoms with Gasteiger partial charge in [0.25, 0.3) is 5.91 Å². The molecule has 0 aliphatic carbocycles. The van der Waals surface area contributed by atoms with Gasteiger partial charge in [0.2, 0.25) is 0 Å². The highest BCUT2D eigenvalue weighted by molar-refractivity contribution is 5.94. The molecule has 6 nitrogen and oxygen atoms in total. The first-order chi connectivity index (χ1) is 12.3. The first kappa shape index (κ1) is 19.2. The van der Waals surface area contributed by atoms with E-state index in [9.17, 15) is 9.59 Å². The van der Waals surface area contributed by atoms with Gasteiger partial charge in [0.1, 0.15) is 11.4 Å². The molecule has 1 amide bonds. The standard InChI is InChI=1S/C20H22N2O4/c1-20(2,3)26-18(23)14-25-17-11-9-15(10-12-17)13-21-22-19(24)16-7-5-4-6-8-16/h4-13H,14H2,1-3H3,(H,22,24)/b21-13-. The van der Waals surface area contributed by atoms with Gasteiger partial charge in [-0.1, -0.05) is 18.2 Å². The average molecular weight is 354 g/mol. The van der Waals surface area contributed by atoms with E-state index in [1.807, 2.05) is 6.07 Å². The topological polar surface area (TPSA) is 77.0 Å². The smallest absolute Gasteiger partial charge is 0.344 e. The Balaban J connectivity index is 1.81. The summed E-state index contributed by atoms with van der Waals surface area (Å²) in [5.41, 5.74) is 3.24. The van der Waals surface area contributed by atoms with Gasteiger partial charge in [0.15, 0.2) is 6.61 Å². The summed E-state index contributed by atoms with van der Waals surface area (Å²) in [5, 5.41) is 3.92. The van der Waals surface area contributed by atoms with E-state index in [2.05, 4.69) is 10.5 Å². The van der Waals surface area contributed by atoms with Gasteiger partial charge in [-0.15, -0.1) is 0 Å². The molecule has 0 unspecified atom stereocenters. The second kappa shape index (κ2) is 8.80. The van der Waals surface area contributed by atoms with Crippen molar-refractivity contribution in [1.82, 2.24) is 5.43 Å². The first-order valence-corrected chi connectivity index (χ1v) is 8.17. The number of nitrogens with one attached hydrogen (secondary N) is 1. The van der Waals surface area contributed by atoms with Crippen LogP contribution in [-0.4, -0.2) is 30.3 Å². The minimum Gasteiger partial charge on any atom is -0.482 e. The molecule has 0 fully saturated rings. The largest absolute Gasteiger partial charge is 0.482 e. The summed E-state index contributed by atoms with van der Waals surface area (Å²) in [6, 6.07) is 15.8. The lowest BCUT2D eigenvalue weighted by atomic mass is 10.2. The number of nitrogens with zero attached hydrogens (tertiary/aromatic N) is 1. The van der Waals surface area contributed by atoms with Gasteiger partial charge in [-0.2, -0.15) is 5.10 Å². The molecule has 0 spiro atoms. The molecule has 2 aromatic rings. The number of amides is 1. The minimum absolute atomic E-state index is 0.155. The highest BCUT2D eigenvalue weighted by atomic mass is 16.6. The number of rotatable bonds is 6. The molecular formula is C20H22N2O4. The van der Waals surface area contributed by atoms with E-state index in [0.717, 1.165) is 5.56 Å². The van der Waals surface area contributed by atoms with Gasteiger partial charge in [-0.25, -0.2) is 10.2 Å². The minimum atomic E-state index is -0.537. The number of hydrazone groups is 1. The highest BCUT2D eigenvalue weighted by Crippen LogP contribution is 2.12. The molecule has 0 aliphatic heterocycles. The maximum absolute atomic E-state index is 11.8. The second-order valence-corrected chi connectivity index (χ2v) is 6.51. The Bertz CT molecular complexity index is 763. The van der Waals surface area contributed by atoms with Gasteiger partial charge in [-0.3, -0.25) is 4.79 Å². The number of ether oxygens (including phenoxy) is 2. The highest BCUT2D eigenvalue weighted by Gasteiger charge is 2.16. The van der Waals surface area contributed by atoms with Crippen LogP contribution in [0, 0.1) is 0 Å². The number of carbonyl (C=O) groups excluding carboxylic acids is 2. The Morgan fingerprint density at radius 1 is 1.04 bits per heavy atom. The van der Waals surface area contributed by atoms with Gasteiger partial charge in [-0.05, 0) is 62.7 Å². The molecular weight excluding hydrogens is 332 g/mol. The van der Waals surface area contributed by atoms with Gasteiger partial charge >= 0.3 is 5.97 Å². The van der Waals surface area contributed by atoms with Crippen LogP contribution in [0.15, 0.2) is 59.7 Å². The fourth-order valence-electron chi connectivity index (χ4n) is 1.98. The number of carbonyl (C=O) groups is 2. The lowest BCUT2D eigenvalue weighted by Gasteiger charge is -2.19. The number of hydrogen-bond acceptors (Lipinski definition) is 5. The van der Waals surface area contributed by atoms with Crippen LogP contribution in [0.2, 0.25) is 0 Å². The molecule has 0 saturated carbocycles. The summed E-state index contributed by atoms with van der Waals surface area (Å²) in [5.74, 6) is -0.160. The van der Waals surface area contributed by atoms with Crippen LogP contribution in [0.4, 0.5) is 0 Å². The van der Waals surface area contributed by atoms with Gasteiger partial charge in [0.05, 0.1) is 6.21 Å². The van der Waals surface area contributed by atoms with Crippen molar-refractivity contribution in [3.63, 3.8) is 0 Å². The maximum atomic E-state index is 11.8. The Morgan fingerprint density at radius 2 is 1.69 bits per heavy atom. The maximum Gasteiger partial charge on any atom is 0.344 e. The van der Waals surface area contributed by atoms with Crippen LogP contribution >= 0.6 is 0 Å². The lowest BCUT2D eigenvalue weighted by molar-refractivity contribution is -0.157. The van der Waals surface area contributed by atoms with Crippen LogP contribution in [-0.2, 0) is 9.53 Å². The average Bonchev–Trinajstić information content (AvgIpc) is 2.60. The quantitative estimate of drug-likeness (QED) is 0.491. The Labute approximate surface area is 152 Å². The Hall–Kier alpha value is -3.15. The van der Waals surface area contributed by atoms with Gasteiger partial charge in [0, 0.05) is 5.56 Å². The molecule has 26 heavy (non-hydrogen) atoms. The van der Waals surface area contributed by atoms with E-state index in [-0.39, 0.29) is 12.5 Å². The molecule has 0 radical (unpaired) electrons. The number of hydrogen-bond donors (Lipinski definition) is 1. The molecule has 0 saturated heterocycles. The molecule has 136 valence electrons. The molecule has 0 atom stereocenters. The van der Waals surface area contributed by atoms with Crippen LogP contribution in [0.3, 0.4) is 0 Å². The van der Waals surface area contributed by atoms with Crippen molar-refractivity contribution < 1.29 is 19.1 Å². The van der Waals surface area contributed by atoms with Crippen molar-refractivity contribution >= 4 is 18.1 Å². The Kier molecular flexibility index (Phi) is 6.49. The fourth-order valence-corrected chi connectivity index (χ4v) is 1.98.